The molecule has 0 saturated heterocycles. The average Bonchev–Trinajstić information content (AvgIpc) is 2.37. The van der Waals surface area contributed by atoms with Crippen molar-refractivity contribution in [3.63, 3.8) is 0 Å². The maximum absolute atomic E-state index is 11.3. The minimum atomic E-state index is -0.131. The number of hydrogen-bond donors (Lipinski definition) is 3. The number of aliphatic imine (C=N–C) groups is 1. The lowest BCUT2D eigenvalue weighted by Gasteiger charge is -2.04. The molecule has 5 heteroatoms. The molecule has 1 rings (SSSR count). The van der Waals surface area contributed by atoms with Crippen LogP contribution in [0.1, 0.15) is 15.9 Å². The van der Waals surface area contributed by atoms with Crippen molar-refractivity contribution in [1.29, 1.82) is 0 Å². The van der Waals surface area contributed by atoms with Gasteiger partial charge in [-0.2, -0.15) is 0 Å². The molecule has 0 saturated carbocycles. The summed E-state index contributed by atoms with van der Waals surface area (Å²) in [6, 6.07) is 6.93. The highest BCUT2D eigenvalue weighted by Crippen LogP contribution is 2.10. The highest BCUT2D eigenvalue weighted by molar-refractivity contribution is 5.98. The van der Waals surface area contributed by atoms with E-state index in [1.54, 1.807) is 44.4 Å². The van der Waals surface area contributed by atoms with E-state index in [1.165, 1.54) is 0 Å². The SMILES string of the molecule is CN=C(N)/C=C(\N)c1ccc(C(=O)NC)cc1. The van der Waals surface area contributed by atoms with Crippen molar-refractivity contribution in [3.8, 4) is 0 Å². The maximum Gasteiger partial charge on any atom is 0.251 e. The molecule has 17 heavy (non-hydrogen) atoms. The second-order valence-electron chi connectivity index (χ2n) is 3.40. The Kier molecular flexibility index (Phi) is 4.28. The Morgan fingerprint density at radius 2 is 1.76 bits per heavy atom. The predicted octanol–water partition coefficient (Wildman–Crippen LogP) is 0.333. The van der Waals surface area contributed by atoms with Gasteiger partial charge in [0, 0.05) is 31.4 Å². The van der Waals surface area contributed by atoms with Gasteiger partial charge in [0.1, 0.15) is 5.84 Å². The van der Waals surface area contributed by atoms with E-state index in [-0.39, 0.29) is 5.91 Å². The molecule has 0 spiro atoms. The Morgan fingerprint density at radius 3 is 2.24 bits per heavy atom. The Balaban J connectivity index is 2.95. The van der Waals surface area contributed by atoms with Crippen LogP contribution < -0.4 is 16.8 Å². The third-order valence-electron chi connectivity index (χ3n) is 2.27. The summed E-state index contributed by atoms with van der Waals surface area (Å²) < 4.78 is 0. The smallest absolute Gasteiger partial charge is 0.251 e. The van der Waals surface area contributed by atoms with Gasteiger partial charge >= 0.3 is 0 Å². The van der Waals surface area contributed by atoms with E-state index < -0.39 is 0 Å². The molecule has 1 aromatic rings. The molecule has 0 atom stereocenters. The number of rotatable bonds is 3. The summed E-state index contributed by atoms with van der Waals surface area (Å²) in [6.45, 7) is 0. The largest absolute Gasteiger partial charge is 0.398 e. The fourth-order valence-corrected chi connectivity index (χ4v) is 1.27. The molecular formula is C12H16N4O. The number of carbonyl (C=O) groups is 1. The van der Waals surface area contributed by atoms with E-state index in [0.29, 0.717) is 17.1 Å². The molecule has 0 radical (unpaired) electrons. The van der Waals surface area contributed by atoms with Gasteiger partial charge in [-0.05, 0) is 17.7 Å². The fourth-order valence-electron chi connectivity index (χ4n) is 1.27. The molecule has 0 aromatic heterocycles. The average molecular weight is 232 g/mol. The molecule has 1 aromatic carbocycles. The summed E-state index contributed by atoms with van der Waals surface area (Å²) in [5.41, 5.74) is 13.3. The second kappa shape index (κ2) is 5.69. The summed E-state index contributed by atoms with van der Waals surface area (Å²) in [4.78, 5) is 15.1. The minimum Gasteiger partial charge on any atom is -0.398 e. The van der Waals surface area contributed by atoms with Crippen LogP contribution in [0.2, 0.25) is 0 Å². The van der Waals surface area contributed by atoms with Crippen LogP contribution >= 0.6 is 0 Å². The maximum atomic E-state index is 11.3. The number of nitrogens with zero attached hydrogens (tertiary/aromatic N) is 1. The minimum absolute atomic E-state index is 0.131. The van der Waals surface area contributed by atoms with Crippen molar-refractivity contribution in [2.75, 3.05) is 14.1 Å². The van der Waals surface area contributed by atoms with Gasteiger partial charge in [0.05, 0.1) is 0 Å². The monoisotopic (exact) mass is 232 g/mol. The highest BCUT2D eigenvalue weighted by atomic mass is 16.1. The normalized spacial score (nSPS) is 12.4. The zero-order valence-corrected chi connectivity index (χ0v) is 9.90. The lowest BCUT2D eigenvalue weighted by Crippen LogP contribution is -2.17. The molecule has 0 unspecified atom stereocenters. The molecular weight excluding hydrogens is 216 g/mol. The van der Waals surface area contributed by atoms with E-state index in [1.807, 2.05) is 0 Å². The zero-order valence-electron chi connectivity index (χ0n) is 9.90. The Bertz CT molecular complexity index is 460. The molecule has 0 bridgehead atoms. The number of amides is 1. The van der Waals surface area contributed by atoms with Crippen molar-refractivity contribution in [3.05, 3.63) is 41.5 Å². The molecule has 0 aliphatic carbocycles. The summed E-state index contributed by atoms with van der Waals surface area (Å²) in [5.74, 6) is 0.228. The Morgan fingerprint density at radius 1 is 1.24 bits per heavy atom. The summed E-state index contributed by atoms with van der Waals surface area (Å²) in [6.07, 6.45) is 1.58. The lowest BCUT2D eigenvalue weighted by atomic mass is 10.1. The zero-order chi connectivity index (χ0) is 12.8. The first kappa shape index (κ1) is 12.8. The molecule has 1 amide bonds. The van der Waals surface area contributed by atoms with Crippen LogP contribution in [0.25, 0.3) is 5.70 Å². The molecule has 0 fully saturated rings. The van der Waals surface area contributed by atoms with Crippen LogP contribution in [0.15, 0.2) is 35.3 Å². The molecule has 90 valence electrons. The summed E-state index contributed by atoms with van der Waals surface area (Å²) >= 11 is 0. The molecule has 5 N–H and O–H groups in total. The molecule has 0 aliphatic rings. The number of nitrogens with one attached hydrogen (secondary N) is 1. The van der Waals surface area contributed by atoms with Crippen LogP contribution in [0.5, 0.6) is 0 Å². The lowest BCUT2D eigenvalue weighted by molar-refractivity contribution is 0.0963. The number of nitrogens with two attached hydrogens (primary N) is 2. The number of carbonyl (C=O) groups excluding carboxylic acids is 1. The fraction of sp³-hybridized carbons (Fsp3) is 0.167. The molecule has 0 aliphatic heterocycles. The molecule has 0 heterocycles. The van der Waals surface area contributed by atoms with Crippen LogP contribution in [0, 0.1) is 0 Å². The number of hydrogen-bond acceptors (Lipinski definition) is 3. The number of amidine groups is 1. The van der Waals surface area contributed by atoms with Gasteiger partial charge in [0.25, 0.3) is 5.91 Å². The topological polar surface area (TPSA) is 93.5 Å². The third-order valence-corrected chi connectivity index (χ3v) is 2.27. The highest BCUT2D eigenvalue weighted by Gasteiger charge is 2.03. The van der Waals surface area contributed by atoms with E-state index in [2.05, 4.69) is 10.3 Å². The Labute approximate surface area is 100 Å². The van der Waals surface area contributed by atoms with Crippen molar-refractivity contribution in [2.24, 2.45) is 16.5 Å². The van der Waals surface area contributed by atoms with Crippen molar-refractivity contribution in [2.45, 2.75) is 0 Å². The van der Waals surface area contributed by atoms with Crippen LogP contribution in [-0.2, 0) is 0 Å². The summed E-state index contributed by atoms with van der Waals surface area (Å²) in [5, 5.41) is 2.55. The van der Waals surface area contributed by atoms with Gasteiger partial charge in [-0.1, -0.05) is 12.1 Å². The van der Waals surface area contributed by atoms with Gasteiger partial charge in [-0.25, -0.2) is 0 Å². The van der Waals surface area contributed by atoms with Gasteiger partial charge in [0.2, 0.25) is 0 Å². The van der Waals surface area contributed by atoms with Crippen LogP contribution in [0.4, 0.5) is 0 Å². The second-order valence-corrected chi connectivity index (χ2v) is 3.40. The van der Waals surface area contributed by atoms with E-state index in [9.17, 15) is 4.79 Å². The van der Waals surface area contributed by atoms with Crippen LogP contribution in [0.3, 0.4) is 0 Å². The molecule has 5 nitrogen and oxygen atoms in total. The first-order chi connectivity index (χ1) is 8.08. The van der Waals surface area contributed by atoms with Gasteiger partial charge < -0.3 is 16.8 Å². The van der Waals surface area contributed by atoms with Gasteiger partial charge in [-0.3, -0.25) is 9.79 Å². The Hall–Kier alpha value is -2.30. The number of benzene rings is 1. The first-order valence-electron chi connectivity index (χ1n) is 5.10. The van der Waals surface area contributed by atoms with Crippen molar-refractivity contribution in [1.82, 2.24) is 5.32 Å². The third kappa shape index (κ3) is 3.34. The first-order valence-corrected chi connectivity index (χ1v) is 5.10. The van der Waals surface area contributed by atoms with E-state index >= 15 is 0 Å². The summed E-state index contributed by atoms with van der Waals surface area (Å²) in [7, 11) is 3.18. The van der Waals surface area contributed by atoms with Crippen molar-refractivity contribution >= 4 is 17.4 Å². The van der Waals surface area contributed by atoms with Crippen molar-refractivity contribution < 1.29 is 4.79 Å². The van der Waals surface area contributed by atoms with E-state index in [0.717, 1.165) is 5.56 Å². The van der Waals surface area contributed by atoms with E-state index in [4.69, 9.17) is 11.5 Å². The standard InChI is InChI=1S/C12H16N4O/c1-15-11(14)7-10(13)8-3-5-9(6-4-8)12(17)16-2/h3-7H,13H2,1-2H3,(H2,14,15)(H,16,17)/b10-7-. The van der Waals surface area contributed by atoms with Gasteiger partial charge in [-0.15, -0.1) is 0 Å². The van der Waals surface area contributed by atoms with Crippen LogP contribution in [-0.4, -0.2) is 25.8 Å². The quantitative estimate of drug-likeness (QED) is 0.518. The van der Waals surface area contributed by atoms with Gasteiger partial charge in [0.15, 0.2) is 0 Å². The predicted molar refractivity (Wildman–Crippen MR) is 69.5 cm³/mol.